The first-order valence-electron chi connectivity index (χ1n) is 10.4. The Morgan fingerprint density at radius 1 is 0.844 bits per heavy atom. The van der Waals surface area contributed by atoms with Crippen LogP contribution in [-0.4, -0.2) is 71.1 Å². The van der Waals surface area contributed by atoms with Crippen LogP contribution in [0.4, 0.5) is 0 Å². The molecule has 1 saturated heterocycles. The zero-order valence-corrected chi connectivity index (χ0v) is 16.8. The molecule has 4 unspecified atom stereocenters. The minimum absolute atomic E-state index is 0.00390. The van der Waals surface area contributed by atoms with Gasteiger partial charge in [0.15, 0.2) is 11.5 Å². The lowest BCUT2D eigenvalue weighted by Gasteiger charge is -2.39. The van der Waals surface area contributed by atoms with Crippen LogP contribution < -0.4 is 23.7 Å². The molecule has 7 atom stereocenters. The van der Waals surface area contributed by atoms with Crippen LogP contribution in [0, 0.1) is 0 Å². The number of aliphatic hydroxyl groups is 4. The van der Waals surface area contributed by atoms with Crippen molar-refractivity contribution in [3.05, 3.63) is 41.5 Å². The molecule has 10 heteroatoms. The molecule has 4 aliphatic heterocycles. The van der Waals surface area contributed by atoms with E-state index in [0.29, 0.717) is 29.6 Å². The van der Waals surface area contributed by atoms with Gasteiger partial charge in [-0.2, -0.15) is 0 Å². The first-order valence-corrected chi connectivity index (χ1v) is 10.4. The van der Waals surface area contributed by atoms with Crippen molar-refractivity contribution in [1.29, 1.82) is 0 Å². The molecule has 0 amide bonds. The molecule has 0 aliphatic carbocycles. The summed E-state index contributed by atoms with van der Waals surface area (Å²) < 4.78 is 34.2. The number of hydrogen-bond acceptors (Lipinski definition) is 10. The minimum atomic E-state index is -1.51. The molecule has 4 N–H and O–H groups in total. The normalized spacial score (nSPS) is 34.1. The summed E-state index contributed by atoms with van der Waals surface area (Å²) in [6, 6.07) is 8.94. The highest BCUT2D eigenvalue weighted by Crippen LogP contribution is 2.54. The van der Waals surface area contributed by atoms with Crippen LogP contribution in [0.15, 0.2) is 30.3 Å². The van der Waals surface area contributed by atoms with Gasteiger partial charge >= 0.3 is 0 Å². The second-order valence-corrected chi connectivity index (χ2v) is 8.21. The first-order chi connectivity index (χ1) is 15.5. The minimum Gasteiger partial charge on any atom is -0.492 e. The fourth-order valence-corrected chi connectivity index (χ4v) is 4.60. The lowest BCUT2D eigenvalue weighted by Crippen LogP contribution is -2.60. The third kappa shape index (κ3) is 2.99. The molecule has 0 radical (unpaired) electrons. The zero-order chi connectivity index (χ0) is 22.0. The Hall–Kier alpha value is -2.76. The van der Waals surface area contributed by atoms with Crippen LogP contribution >= 0.6 is 0 Å². The van der Waals surface area contributed by atoms with Gasteiger partial charge in [0.25, 0.3) is 0 Å². The fraction of sp³-hybridized carbons (Fsp3) is 0.455. The van der Waals surface area contributed by atoms with Gasteiger partial charge in [-0.3, -0.25) is 0 Å². The average Bonchev–Trinajstić information content (AvgIpc) is 3.41. The highest BCUT2D eigenvalue weighted by Gasteiger charge is 2.45. The molecule has 32 heavy (non-hydrogen) atoms. The van der Waals surface area contributed by atoms with E-state index >= 15 is 0 Å². The van der Waals surface area contributed by atoms with Crippen molar-refractivity contribution in [2.24, 2.45) is 0 Å². The molecule has 2 aromatic rings. The van der Waals surface area contributed by atoms with Gasteiger partial charge in [0.05, 0.1) is 19.1 Å². The molecule has 4 aliphatic rings. The number of ether oxygens (including phenoxy) is 6. The quantitative estimate of drug-likeness (QED) is 0.518. The molecule has 6 rings (SSSR count). The van der Waals surface area contributed by atoms with Crippen LogP contribution in [0.3, 0.4) is 0 Å². The van der Waals surface area contributed by atoms with E-state index < -0.39 is 37.3 Å². The zero-order valence-electron chi connectivity index (χ0n) is 16.8. The molecule has 10 nitrogen and oxygen atoms in total. The summed E-state index contributed by atoms with van der Waals surface area (Å²) in [5.41, 5.74) is 1.85. The third-order valence-electron chi connectivity index (χ3n) is 6.33. The Bertz CT molecular complexity index is 1040. The van der Waals surface area contributed by atoms with Gasteiger partial charge < -0.3 is 48.8 Å². The van der Waals surface area contributed by atoms with Crippen molar-refractivity contribution in [2.45, 2.75) is 42.7 Å². The third-order valence-corrected chi connectivity index (χ3v) is 6.33. The molecule has 0 saturated carbocycles. The maximum absolute atomic E-state index is 10.2. The monoisotopic (exact) mass is 446 g/mol. The summed E-state index contributed by atoms with van der Waals surface area (Å²) in [6.07, 6.45) is -7.01. The number of rotatable bonds is 3. The Morgan fingerprint density at radius 2 is 1.66 bits per heavy atom. The lowest BCUT2D eigenvalue weighted by molar-refractivity contribution is -0.277. The van der Waals surface area contributed by atoms with Crippen LogP contribution in [0.2, 0.25) is 0 Å². The highest BCUT2D eigenvalue weighted by atomic mass is 16.7. The van der Waals surface area contributed by atoms with Gasteiger partial charge in [-0.15, -0.1) is 0 Å². The molecule has 0 aromatic heterocycles. The summed E-state index contributed by atoms with van der Waals surface area (Å²) in [5.74, 6) is 3.00. The number of hydrogen-bond donors (Lipinski definition) is 4. The maximum atomic E-state index is 10.2. The maximum Gasteiger partial charge on any atom is 0.231 e. The van der Waals surface area contributed by atoms with E-state index in [9.17, 15) is 20.4 Å². The van der Waals surface area contributed by atoms with Gasteiger partial charge in [-0.25, -0.2) is 0 Å². The van der Waals surface area contributed by atoms with Crippen LogP contribution in [0.5, 0.6) is 28.7 Å². The van der Waals surface area contributed by atoms with Crippen molar-refractivity contribution >= 4 is 0 Å². The van der Waals surface area contributed by atoms with Crippen molar-refractivity contribution in [2.75, 3.05) is 20.0 Å². The van der Waals surface area contributed by atoms with E-state index in [1.165, 1.54) is 0 Å². The molecule has 2 aromatic carbocycles. The van der Waals surface area contributed by atoms with Gasteiger partial charge in [0.2, 0.25) is 13.1 Å². The molecule has 0 spiro atoms. The predicted molar refractivity (Wildman–Crippen MR) is 105 cm³/mol. The Morgan fingerprint density at radius 3 is 2.47 bits per heavy atom. The SMILES string of the molecule is OCC1O[C@@H](Oc2ccc3c(c2)OCC2c4cc5c(cc4OC32)OCO5)C(O)[C@@H](O)[C@H]1O. The summed E-state index contributed by atoms with van der Waals surface area (Å²) in [5, 5.41) is 39.4. The van der Waals surface area contributed by atoms with E-state index in [4.69, 9.17) is 28.4 Å². The van der Waals surface area contributed by atoms with Gasteiger partial charge in [0.1, 0.15) is 47.8 Å². The van der Waals surface area contributed by atoms with Crippen molar-refractivity contribution in [1.82, 2.24) is 0 Å². The van der Waals surface area contributed by atoms with Crippen LogP contribution in [0.25, 0.3) is 0 Å². The highest BCUT2D eigenvalue weighted by molar-refractivity contribution is 5.57. The summed E-state index contributed by atoms with van der Waals surface area (Å²) in [6.45, 7) is 0.0648. The second-order valence-electron chi connectivity index (χ2n) is 8.21. The summed E-state index contributed by atoms with van der Waals surface area (Å²) in [7, 11) is 0. The average molecular weight is 446 g/mol. The largest absolute Gasteiger partial charge is 0.492 e. The second kappa shape index (κ2) is 7.39. The summed E-state index contributed by atoms with van der Waals surface area (Å²) in [4.78, 5) is 0. The van der Waals surface area contributed by atoms with E-state index in [1.54, 1.807) is 12.1 Å². The van der Waals surface area contributed by atoms with E-state index in [1.807, 2.05) is 18.2 Å². The fourth-order valence-electron chi connectivity index (χ4n) is 4.60. The van der Waals surface area contributed by atoms with Crippen LogP contribution in [0.1, 0.15) is 23.1 Å². The molecular weight excluding hydrogens is 424 g/mol. The predicted octanol–water partition coefficient (Wildman–Crippen LogP) is 0.204. The Balaban J connectivity index is 1.23. The van der Waals surface area contributed by atoms with Gasteiger partial charge in [0, 0.05) is 23.3 Å². The standard InChI is InChI=1S/C22H22O10/c23-6-17-18(24)19(25)20(26)22(32-17)30-9-1-2-10-13(3-9)27-7-12-11-4-15-16(29-8-28-15)5-14(11)31-21(10)12/h1-5,12,17-26H,6-8H2/t12?,17?,18-,19-,20?,21?,22+/m0/s1. The van der Waals surface area contributed by atoms with Crippen molar-refractivity contribution in [3.63, 3.8) is 0 Å². The van der Waals surface area contributed by atoms with Crippen LogP contribution in [-0.2, 0) is 4.74 Å². The first kappa shape index (κ1) is 19.9. The molecule has 0 bridgehead atoms. The molecule has 4 heterocycles. The Kier molecular flexibility index (Phi) is 4.60. The van der Waals surface area contributed by atoms with Crippen molar-refractivity contribution in [3.8, 4) is 28.7 Å². The van der Waals surface area contributed by atoms with Crippen molar-refractivity contribution < 1.29 is 48.8 Å². The number of aliphatic hydroxyl groups excluding tert-OH is 4. The smallest absolute Gasteiger partial charge is 0.231 e. The Labute approximate surface area is 182 Å². The number of benzene rings is 2. The van der Waals surface area contributed by atoms with Gasteiger partial charge in [-0.05, 0) is 18.2 Å². The van der Waals surface area contributed by atoms with E-state index in [-0.39, 0.29) is 18.8 Å². The topological polar surface area (TPSA) is 136 Å². The molecule has 170 valence electrons. The summed E-state index contributed by atoms with van der Waals surface area (Å²) >= 11 is 0. The van der Waals surface area contributed by atoms with E-state index in [2.05, 4.69) is 0 Å². The molecular formula is C22H22O10. The van der Waals surface area contributed by atoms with E-state index in [0.717, 1.165) is 16.9 Å². The number of fused-ring (bicyclic) bond motifs is 6. The van der Waals surface area contributed by atoms with Gasteiger partial charge in [-0.1, -0.05) is 0 Å². The molecule has 1 fully saturated rings. The lowest BCUT2D eigenvalue weighted by atomic mass is 9.89.